The molecule has 7 nitrogen and oxygen atoms in total. The lowest BCUT2D eigenvalue weighted by atomic mass is 10.2. The Morgan fingerprint density at radius 1 is 1.04 bits per heavy atom. The number of benzene rings is 1. The average Bonchev–Trinajstić information content (AvgIpc) is 2.67. The van der Waals surface area contributed by atoms with E-state index in [9.17, 15) is 9.59 Å². The molecule has 2 amide bonds. The Morgan fingerprint density at radius 3 is 2.42 bits per heavy atom. The number of nitrogens with one attached hydrogen (secondary N) is 1. The number of piperazine rings is 1. The van der Waals surface area contributed by atoms with Gasteiger partial charge in [-0.2, -0.15) is 0 Å². The SMILES string of the molecule is O=CN1CCN(C(=O)c2ccc(NCc3ccccc3)nn2)CC1. The van der Waals surface area contributed by atoms with Gasteiger partial charge in [0.2, 0.25) is 6.41 Å². The minimum atomic E-state index is -0.150. The molecule has 1 saturated heterocycles. The van der Waals surface area contributed by atoms with Gasteiger partial charge in [0.05, 0.1) is 0 Å². The molecule has 0 bridgehead atoms. The molecule has 1 fully saturated rings. The summed E-state index contributed by atoms with van der Waals surface area (Å²) in [5.41, 5.74) is 1.47. The lowest BCUT2D eigenvalue weighted by Crippen LogP contribution is -2.48. The van der Waals surface area contributed by atoms with Crippen LogP contribution in [-0.4, -0.2) is 58.5 Å². The van der Waals surface area contributed by atoms with Gasteiger partial charge in [-0.1, -0.05) is 30.3 Å². The summed E-state index contributed by atoms with van der Waals surface area (Å²) in [5.74, 6) is 0.476. The number of carbonyl (C=O) groups excluding carboxylic acids is 2. The fraction of sp³-hybridized carbons (Fsp3) is 0.294. The number of nitrogens with zero attached hydrogens (tertiary/aromatic N) is 4. The Hall–Kier alpha value is -2.96. The van der Waals surface area contributed by atoms with E-state index in [0.29, 0.717) is 44.2 Å². The minimum Gasteiger partial charge on any atom is -0.365 e. The molecule has 0 unspecified atom stereocenters. The molecular formula is C17H19N5O2. The Morgan fingerprint density at radius 2 is 1.79 bits per heavy atom. The first kappa shape index (κ1) is 15.9. The summed E-state index contributed by atoms with van der Waals surface area (Å²) in [7, 11) is 0. The van der Waals surface area contributed by atoms with Gasteiger partial charge in [0.15, 0.2) is 5.69 Å². The molecule has 0 aliphatic carbocycles. The van der Waals surface area contributed by atoms with Crippen molar-refractivity contribution in [2.75, 3.05) is 31.5 Å². The van der Waals surface area contributed by atoms with Crippen molar-refractivity contribution in [2.24, 2.45) is 0 Å². The number of amides is 2. The highest BCUT2D eigenvalue weighted by Gasteiger charge is 2.22. The summed E-state index contributed by atoms with van der Waals surface area (Å²) in [6.45, 7) is 2.80. The van der Waals surface area contributed by atoms with Crippen molar-refractivity contribution in [1.82, 2.24) is 20.0 Å². The third-order valence-corrected chi connectivity index (χ3v) is 3.95. The van der Waals surface area contributed by atoms with Crippen LogP contribution in [0.2, 0.25) is 0 Å². The summed E-state index contributed by atoms with van der Waals surface area (Å²) >= 11 is 0. The number of hydrogen-bond donors (Lipinski definition) is 1. The summed E-state index contributed by atoms with van der Waals surface area (Å²) in [5, 5.41) is 11.3. The van der Waals surface area contributed by atoms with E-state index in [4.69, 9.17) is 0 Å². The van der Waals surface area contributed by atoms with Crippen LogP contribution in [-0.2, 0) is 11.3 Å². The van der Waals surface area contributed by atoms with Gasteiger partial charge in [-0.3, -0.25) is 9.59 Å². The molecular weight excluding hydrogens is 306 g/mol. The third kappa shape index (κ3) is 3.87. The molecule has 1 aliphatic heterocycles. The van der Waals surface area contributed by atoms with Crippen LogP contribution in [0, 0.1) is 0 Å². The summed E-state index contributed by atoms with van der Waals surface area (Å²) in [4.78, 5) is 26.4. The molecule has 0 saturated carbocycles. The molecule has 124 valence electrons. The van der Waals surface area contributed by atoms with E-state index in [2.05, 4.69) is 15.5 Å². The van der Waals surface area contributed by atoms with Crippen LogP contribution in [0.5, 0.6) is 0 Å². The normalized spacial score (nSPS) is 14.3. The molecule has 2 aromatic rings. The quantitative estimate of drug-likeness (QED) is 0.830. The zero-order valence-electron chi connectivity index (χ0n) is 13.3. The third-order valence-electron chi connectivity index (χ3n) is 3.95. The second-order valence-electron chi connectivity index (χ2n) is 5.58. The maximum atomic E-state index is 12.4. The van der Waals surface area contributed by atoms with Gasteiger partial charge in [0, 0.05) is 32.7 Å². The number of anilines is 1. The molecule has 0 spiro atoms. The van der Waals surface area contributed by atoms with Crippen molar-refractivity contribution >= 4 is 18.1 Å². The monoisotopic (exact) mass is 325 g/mol. The zero-order valence-corrected chi connectivity index (χ0v) is 13.3. The second kappa shape index (κ2) is 7.54. The number of rotatable bonds is 5. The van der Waals surface area contributed by atoms with Crippen molar-refractivity contribution in [3.05, 3.63) is 53.7 Å². The molecule has 1 aromatic heterocycles. The van der Waals surface area contributed by atoms with Gasteiger partial charge >= 0.3 is 0 Å². The van der Waals surface area contributed by atoms with Gasteiger partial charge in [0.1, 0.15) is 5.82 Å². The fourth-order valence-electron chi connectivity index (χ4n) is 2.52. The largest absolute Gasteiger partial charge is 0.365 e. The van der Waals surface area contributed by atoms with Gasteiger partial charge in [0.25, 0.3) is 5.91 Å². The van der Waals surface area contributed by atoms with Gasteiger partial charge in [-0.25, -0.2) is 0 Å². The van der Waals surface area contributed by atoms with Gasteiger partial charge in [-0.05, 0) is 17.7 Å². The lowest BCUT2D eigenvalue weighted by molar-refractivity contribution is -0.119. The number of carbonyl (C=O) groups is 2. The molecule has 7 heteroatoms. The summed E-state index contributed by atoms with van der Waals surface area (Å²) in [6, 6.07) is 13.4. The predicted molar refractivity (Wildman–Crippen MR) is 89.3 cm³/mol. The van der Waals surface area contributed by atoms with E-state index in [1.165, 1.54) is 0 Å². The first-order valence-corrected chi connectivity index (χ1v) is 7.86. The van der Waals surface area contributed by atoms with Crippen molar-refractivity contribution < 1.29 is 9.59 Å². The Balaban J connectivity index is 1.56. The highest BCUT2D eigenvalue weighted by Crippen LogP contribution is 2.09. The van der Waals surface area contributed by atoms with E-state index < -0.39 is 0 Å². The van der Waals surface area contributed by atoms with Gasteiger partial charge < -0.3 is 15.1 Å². The minimum absolute atomic E-state index is 0.150. The predicted octanol–water partition coefficient (Wildman–Crippen LogP) is 1.00. The van der Waals surface area contributed by atoms with Crippen LogP contribution < -0.4 is 5.32 Å². The molecule has 0 radical (unpaired) electrons. The van der Waals surface area contributed by atoms with E-state index in [1.807, 2.05) is 30.3 Å². The molecule has 3 rings (SSSR count). The zero-order chi connectivity index (χ0) is 16.8. The van der Waals surface area contributed by atoms with Crippen LogP contribution >= 0.6 is 0 Å². The average molecular weight is 325 g/mol. The number of aromatic nitrogens is 2. The number of hydrogen-bond acceptors (Lipinski definition) is 5. The van der Waals surface area contributed by atoms with E-state index in [0.717, 1.165) is 12.0 Å². The van der Waals surface area contributed by atoms with Gasteiger partial charge in [-0.15, -0.1) is 10.2 Å². The first-order valence-electron chi connectivity index (χ1n) is 7.86. The second-order valence-corrected chi connectivity index (χ2v) is 5.58. The molecule has 1 aliphatic rings. The Bertz CT molecular complexity index is 682. The van der Waals surface area contributed by atoms with Crippen LogP contribution in [0.1, 0.15) is 16.1 Å². The smallest absolute Gasteiger partial charge is 0.274 e. The molecule has 2 heterocycles. The van der Waals surface area contributed by atoms with E-state index >= 15 is 0 Å². The van der Waals surface area contributed by atoms with Crippen molar-refractivity contribution in [2.45, 2.75) is 6.54 Å². The molecule has 24 heavy (non-hydrogen) atoms. The summed E-state index contributed by atoms with van der Waals surface area (Å²) in [6.07, 6.45) is 0.814. The Labute approximate surface area is 140 Å². The highest BCUT2D eigenvalue weighted by atomic mass is 16.2. The Kier molecular flexibility index (Phi) is 5.00. The topological polar surface area (TPSA) is 78.4 Å². The molecule has 0 atom stereocenters. The molecule has 1 aromatic carbocycles. The van der Waals surface area contributed by atoms with Crippen LogP contribution in [0.15, 0.2) is 42.5 Å². The van der Waals surface area contributed by atoms with Crippen LogP contribution in [0.25, 0.3) is 0 Å². The molecule has 1 N–H and O–H groups in total. The van der Waals surface area contributed by atoms with E-state index in [-0.39, 0.29) is 5.91 Å². The van der Waals surface area contributed by atoms with Crippen molar-refractivity contribution in [3.63, 3.8) is 0 Å². The van der Waals surface area contributed by atoms with Crippen LogP contribution in [0.4, 0.5) is 5.82 Å². The lowest BCUT2D eigenvalue weighted by Gasteiger charge is -2.32. The fourth-order valence-corrected chi connectivity index (χ4v) is 2.52. The maximum absolute atomic E-state index is 12.4. The first-order chi connectivity index (χ1) is 11.8. The highest BCUT2D eigenvalue weighted by molar-refractivity contribution is 5.92. The van der Waals surface area contributed by atoms with Crippen molar-refractivity contribution in [3.8, 4) is 0 Å². The van der Waals surface area contributed by atoms with Crippen LogP contribution in [0.3, 0.4) is 0 Å². The van der Waals surface area contributed by atoms with Crippen molar-refractivity contribution in [1.29, 1.82) is 0 Å². The van der Waals surface area contributed by atoms with E-state index in [1.54, 1.807) is 21.9 Å². The maximum Gasteiger partial charge on any atom is 0.274 e. The standard InChI is InChI=1S/C17H19N5O2/c23-13-21-8-10-22(11-9-21)17(24)15-6-7-16(20-19-15)18-12-14-4-2-1-3-5-14/h1-7,13H,8-12H2,(H,18,20). The summed E-state index contributed by atoms with van der Waals surface area (Å²) < 4.78 is 0.